The van der Waals surface area contributed by atoms with E-state index in [0.29, 0.717) is 28.8 Å². The summed E-state index contributed by atoms with van der Waals surface area (Å²) < 4.78 is 13.3. The zero-order valence-corrected chi connectivity index (χ0v) is 18.6. The van der Waals surface area contributed by atoms with E-state index in [2.05, 4.69) is 33.6 Å². The van der Waals surface area contributed by atoms with Crippen molar-refractivity contribution in [1.82, 2.24) is 9.55 Å². The summed E-state index contributed by atoms with van der Waals surface area (Å²) >= 11 is 1.36. The van der Waals surface area contributed by atoms with Crippen LogP contribution in [0.1, 0.15) is 23.9 Å². The highest BCUT2D eigenvalue weighted by molar-refractivity contribution is 7.14. The van der Waals surface area contributed by atoms with Crippen molar-refractivity contribution in [2.45, 2.75) is 27.3 Å². The average Bonchev–Trinajstić information content (AvgIpc) is 3.32. The van der Waals surface area contributed by atoms with Crippen molar-refractivity contribution in [2.24, 2.45) is 0 Å². The van der Waals surface area contributed by atoms with E-state index in [1.807, 2.05) is 32.2 Å². The minimum Gasteiger partial charge on any atom is -0.490 e. The Morgan fingerprint density at radius 3 is 2.84 bits per heavy atom. The second kappa shape index (κ2) is 9.96. The number of hydrogen-bond acceptors (Lipinski definition) is 6. The van der Waals surface area contributed by atoms with Crippen molar-refractivity contribution in [1.29, 1.82) is 5.26 Å². The Morgan fingerprint density at radius 1 is 1.32 bits per heavy atom. The van der Waals surface area contributed by atoms with Gasteiger partial charge in [0.1, 0.15) is 0 Å². The molecule has 0 aliphatic carbocycles. The van der Waals surface area contributed by atoms with E-state index >= 15 is 0 Å². The van der Waals surface area contributed by atoms with Gasteiger partial charge in [-0.25, -0.2) is 4.98 Å². The minimum absolute atomic E-state index is 0.200. The first-order valence-electron chi connectivity index (χ1n) is 9.80. The third-order valence-electron chi connectivity index (χ3n) is 4.64. The molecule has 31 heavy (non-hydrogen) atoms. The molecule has 3 rings (SSSR count). The molecule has 0 saturated heterocycles. The summed E-state index contributed by atoms with van der Waals surface area (Å²) in [6.07, 6.45) is 1.86. The van der Waals surface area contributed by atoms with E-state index in [9.17, 15) is 4.79 Å². The number of rotatable bonds is 9. The molecule has 0 aliphatic rings. The van der Waals surface area contributed by atoms with Gasteiger partial charge in [-0.05, 0) is 39.0 Å². The number of carbonyl (C=O) groups is 1. The molecule has 0 spiro atoms. The summed E-state index contributed by atoms with van der Waals surface area (Å²) in [5.41, 5.74) is 4.55. The largest absolute Gasteiger partial charge is 0.490 e. The molecule has 0 saturated carbocycles. The summed E-state index contributed by atoms with van der Waals surface area (Å²) in [6, 6.07) is 8.97. The first-order chi connectivity index (χ1) is 15.0. The number of ether oxygens (including phenoxy) is 2. The molecule has 0 aliphatic heterocycles. The number of aromatic nitrogens is 2. The predicted octanol–water partition coefficient (Wildman–Crippen LogP) is 4.70. The SMILES string of the molecule is C=CCn1c(C)cc(-c2csc(NC(=O)COc3ccc(C#N)cc3OCC)n2)c1C. The fourth-order valence-corrected chi connectivity index (χ4v) is 3.92. The van der Waals surface area contributed by atoms with Gasteiger partial charge in [0.15, 0.2) is 23.2 Å². The van der Waals surface area contributed by atoms with Crippen LogP contribution in [0.2, 0.25) is 0 Å². The Hall–Kier alpha value is -3.57. The number of nitrogens with one attached hydrogen (secondary N) is 1. The van der Waals surface area contributed by atoms with Crippen molar-refractivity contribution in [3.05, 3.63) is 59.3 Å². The van der Waals surface area contributed by atoms with Crippen LogP contribution in [0.15, 0.2) is 42.3 Å². The van der Waals surface area contributed by atoms with Gasteiger partial charge in [0.05, 0.1) is 23.9 Å². The maximum atomic E-state index is 12.4. The van der Waals surface area contributed by atoms with Crippen molar-refractivity contribution in [3.63, 3.8) is 0 Å². The van der Waals surface area contributed by atoms with E-state index < -0.39 is 0 Å². The lowest BCUT2D eigenvalue weighted by Crippen LogP contribution is -2.20. The molecule has 0 fully saturated rings. The normalized spacial score (nSPS) is 10.4. The smallest absolute Gasteiger partial charge is 0.264 e. The summed E-state index contributed by atoms with van der Waals surface area (Å²) in [4.78, 5) is 16.9. The number of aryl methyl sites for hydroxylation is 1. The summed E-state index contributed by atoms with van der Waals surface area (Å²) in [5, 5.41) is 14.2. The van der Waals surface area contributed by atoms with E-state index in [0.717, 1.165) is 29.2 Å². The topological polar surface area (TPSA) is 89.2 Å². The van der Waals surface area contributed by atoms with Crippen LogP contribution in [0.4, 0.5) is 5.13 Å². The maximum absolute atomic E-state index is 12.4. The molecule has 2 aromatic heterocycles. The van der Waals surface area contributed by atoms with Crippen molar-refractivity contribution in [3.8, 4) is 28.8 Å². The van der Waals surface area contributed by atoms with Gasteiger partial charge in [-0.15, -0.1) is 17.9 Å². The second-order valence-electron chi connectivity index (χ2n) is 6.77. The Balaban J connectivity index is 1.66. The van der Waals surface area contributed by atoms with Crippen LogP contribution < -0.4 is 14.8 Å². The maximum Gasteiger partial charge on any atom is 0.264 e. The lowest BCUT2D eigenvalue weighted by Gasteiger charge is -2.11. The Morgan fingerprint density at radius 2 is 2.13 bits per heavy atom. The minimum atomic E-state index is -0.329. The molecule has 7 nitrogen and oxygen atoms in total. The van der Waals surface area contributed by atoms with E-state index in [1.165, 1.54) is 11.3 Å². The number of amides is 1. The van der Waals surface area contributed by atoms with Gasteiger partial charge in [-0.2, -0.15) is 5.26 Å². The molecule has 2 heterocycles. The van der Waals surface area contributed by atoms with Crippen molar-refractivity contribution < 1.29 is 14.3 Å². The Labute approximate surface area is 185 Å². The summed E-state index contributed by atoms with van der Waals surface area (Å²) in [7, 11) is 0. The lowest BCUT2D eigenvalue weighted by atomic mass is 10.2. The number of anilines is 1. The molecule has 3 aromatic rings. The lowest BCUT2D eigenvalue weighted by molar-refractivity contribution is -0.118. The standard InChI is InChI=1S/C23H24N4O3S/c1-5-9-27-15(3)10-18(16(27)4)19-14-31-23(25-19)26-22(28)13-30-20-8-7-17(12-24)11-21(20)29-6-2/h5,7-8,10-11,14H,1,6,9,13H2,2-4H3,(H,25,26,28). The molecular weight excluding hydrogens is 412 g/mol. The van der Waals surface area contributed by atoms with Gasteiger partial charge in [0.25, 0.3) is 5.91 Å². The number of carbonyl (C=O) groups excluding carboxylic acids is 1. The molecule has 160 valence electrons. The highest BCUT2D eigenvalue weighted by atomic mass is 32.1. The molecule has 0 radical (unpaired) electrons. The molecule has 1 aromatic carbocycles. The van der Waals surface area contributed by atoms with Crippen LogP contribution in [-0.2, 0) is 11.3 Å². The first kappa shape index (κ1) is 22.1. The van der Waals surface area contributed by atoms with Crippen molar-refractivity contribution in [2.75, 3.05) is 18.5 Å². The van der Waals surface area contributed by atoms with E-state index in [4.69, 9.17) is 14.7 Å². The van der Waals surface area contributed by atoms with Gasteiger partial charge in [-0.3, -0.25) is 10.1 Å². The van der Waals surface area contributed by atoms with Crippen LogP contribution in [0.3, 0.4) is 0 Å². The van der Waals surface area contributed by atoms with Crippen LogP contribution >= 0.6 is 11.3 Å². The van der Waals surface area contributed by atoms with Gasteiger partial charge < -0.3 is 14.0 Å². The van der Waals surface area contributed by atoms with Gasteiger partial charge in [-0.1, -0.05) is 6.08 Å². The number of allylic oxidation sites excluding steroid dienone is 1. The van der Waals surface area contributed by atoms with Gasteiger partial charge in [0.2, 0.25) is 0 Å². The van der Waals surface area contributed by atoms with Crippen LogP contribution in [0.5, 0.6) is 11.5 Å². The van der Waals surface area contributed by atoms with Crippen LogP contribution in [0.25, 0.3) is 11.3 Å². The molecule has 0 unspecified atom stereocenters. The van der Waals surface area contributed by atoms with Crippen molar-refractivity contribution >= 4 is 22.4 Å². The van der Waals surface area contributed by atoms with Crippen LogP contribution in [-0.4, -0.2) is 28.7 Å². The third kappa shape index (κ3) is 5.13. The molecule has 1 amide bonds. The predicted molar refractivity (Wildman–Crippen MR) is 122 cm³/mol. The molecule has 0 bridgehead atoms. The zero-order valence-electron chi connectivity index (χ0n) is 17.8. The van der Waals surface area contributed by atoms with E-state index in [1.54, 1.807) is 18.2 Å². The number of thiazole rings is 1. The highest BCUT2D eigenvalue weighted by Gasteiger charge is 2.15. The number of benzene rings is 1. The average molecular weight is 437 g/mol. The second-order valence-corrected chi connectivity index (χ2v) is 7.62. The zero-order chi connectivity index (χ0) is 22.4. The number of nitriles is 1. The molecule has 1 N–H and O–H groups in total. The Kier molecular flexibility index (Phi) is 7.11. The monoisotopic (exact) mass is 436 g/mol. The first-order valence-corrected chi connectivity index (χ1v) is 10.7. The van der Waals surface area contributed by atoms with Crippen LogP contribution in [0, 0.1) is 25.2 Å². The highest BCUT2D eigenvalue weighted by Crippen LogP contribution is 2.30. The molecule has 0 atom stereocenters. The fourth-order valence-electron chi connectivity index (χ4n) is 3.19. The molecule has 8 heteroatoms. The van der Waals surface area contributed by atoms with E-state index in [-0.39, 0.29) is 12.5 Å². The van der Waals surface area contributed by atoms with Gasteiger partial charge >= 0.3 is 0 Å². The third-order valence-corrected chi connectivity index (χ3v) is 5.40. The Bertz CT molecular complexity index is 1140. The summed E-state index contributed by atoms with van der Waals surface area (Å²) in [5.74, 6) is 0.510. The fraction of sp³-hybridized carbons (Fsp3) is 0.261. The quantitative estimate of drug-likeness (QED) is 0.491. The summed E-state index contributed by atoms with van der Waals surface area (Å²) in [6.45, 7) is 10.7. The molecular formula is C23H24N4O3S. The van der Waals surface area contributed by atoms with Gasteiger partial charge in [0, 0.05) is 34.9 Å². The number of nitrogens with zero attached hydrogens (tertiary/aromatic N) is 3. The number of hydrogen-bond donors (Lipinski definition) is 1.